The van der Waals surface area contributed by atoms with Crippen LogP contribution in [0, 0.1) is 0 Å². The number of hydrogen-bond donors (Lipinski definition) is 1. The van der Waals surface area contributed by atoms with Crippen molar-refractivity contribution in [3.8, 4) is 0 Å². The Balaban J connectivity index is 1.96. The molecule has 0 aromatic heterocycles. The first-order valence-corrected chi connectivity index (χ1v) is 6.65. The van der Waals surface area contributed by atoms with Crippen molar-refractivity contribution in [2.75, 3.05) is 13.1 Å². The maximum absolute atomic E-state index is 3.68. The summed E-state index contributed by atoms with van der Waals surface area (Å²) in [6.45, 7) is 9.61. The Bertz CT molecular complexity index is 209. The summed E-state index contributed by atoms with van der Waals surface area (Å²) < 4.78 is 0. The van der Waals surface area contributed by atoms with Gasteiger partial charge in [-0.25, -0.2) is 0 Å². The zero-order valence-corrected chi connectivity index (χ0v) is 10.6. The molecule has 1 N–H and O–H groups in total. The molecular formula is C13H26N2. The highest BCUT2D eigenvalue weighted by molar-refractivity contribution is 4.96. The van der Waals surface area contributed by atoms with Gasteiger partial charge in [0.25, 0.3) is 0 Å². The van der Waals surface area contributed by atoms with E-state index in [4.69, 9.17) is 0 Å². The lowest BCUT2D eigenvalue weighted by Gasteiger charge is -2.36. The van der Waals surface area contributed by atoms with Gasteiger partial charge in [-0.15, -0.1) is 0 Å². The molecule has 88 valence electrons. The fourth-order valence-corrected chi connectivity index (χ4v) is 3.34. The fraction of sp³-hybridized carbons (Fsp3) is 1.00. The molecule has 0 amide bonds. The monoisotopic (exact) mass is 210 g/mol. The van der Waals surface area contributed by atoms with Crippen LogP contribution < -0.4 is 5.32 Å². The molecule has 0 bridgehead atoms. The second-order valence-electron chi connectivity index (χ2n) is 5.75. The van der Waals surface area contributed by atoms with E-state index >= 15 is 0 Å². The smallest absolute Gasteiger partial charge is 0.0281 e. The molecule has 3 atom stereocenters. The zero-order chi connectivity index (χ0) is 10.9. The summed E-state index contributed by atoms with van der Waals surface area (Å²) in [5.74, 6) is 0. The molecule has 2 aliphatic rings. The molecule has 0 aromatic rings. The van der Waals surface area contributed by atoms with E-state index in [1.165, 1.54) is 45.2 Å². The van der Waals surface area contributed by atoms with Crippen molar-refractivity contribution in [1.82, 2.24) is 10.2 Å². The summed E-state index contributed by atoms with van der Waals surface area (Å²) >= 11 is 0. The van der Waals surface area contributed by atoms with Gasteiger partial charge in [0, 0.05) is 24.2 Å². The molecule has 0 radical (unpaired) electrons. The number of likely N-dealkylation sites (tertiary alicyclic amines) is 1. The average Bonchev–Trinajstić information content (AvgIpc) is 2.76. The summed E-state index contributed by atoms with van der Waals surface area (Å²) in [6, 6.07) is 1.65. The maximum atomic E-state index is 3.68. The highest BCUT2D eigenvalue weighted by Crippen LogP contribution is 2.30. The Morgan fingerprint density at radius 2 is 2.20 bits per heavy atom. The van der Waals surface area contributed by atoms with Crippen LogP contribution in [0.2, 0.25) is 0 Å². The van der Waals surface area contributed by atoms with E-state index in [-0.39, 0.29) is 0 Å². The van der Waals surface area contributed by atoms with Crippen LogP contribution in [0.15, 0.2) is 0 Å². The van der Waals surface area contributed by atoms with Gasteiger partial charge in [0.15, 0.2) is 0 Å². The number of hydrogen-bond acceptors (Lipinski definition) is 2. The molecule has 15 heavy (non-hydrogen) atoms. The molecular weight excluding hydrogens is 184 g/mol. The van der Waals surface area contributed by atoms with Crippen molar-refractivity contribution in [3.63, 3.8) is 0 Å². The van der Waals surface area contributed by atoms with Crippen LogP contribution in [0.4, 0.5) is 0 Å². The average molecular weight is 210 g/mol. The molecule has 2 fully saturated rings. The topological polar surface area (TPSA) is 15.3 Å². The molecule has 0 saturated carbocycles. The van der Waals surface area contributed by atoms with Gasteiger partial charge in [-0.1, -0.05) is 6.92 Å². The third kappa shape index (κ3) is 2.36. The van der Waals surface area contributed by atoms with Gasteiger partial charge in [0.1, 0.15) is 0 Å². The van der Waals surface area contributed by atoms with Crippen LogP contribution in [-0.2, 0) is 0 Å². The van der Waals surface area contributed by atoms with Crippen LogP contribution in [0.5, 0.6) is 0 Å². The fourth-order valence-electron chi connectivity index (χ4n) is 3.34. The zero-order valence-electron chi connectivity index (χ0n) is 10.6. The van der Waals surface area contributed by atoms with Gasteiger partial charge in [-0.3, -0.25) is 4.90 Å². The second kappa shape index (κ2) is 4.42. The Morgan fingerprint density at radius 3 is 2.80 bits per heavy atom. The van der Waals surface area contributed by atoms with Gasteiger partial charge in [-0.05, 0) is 52.5 Å². The van der Waals surface area contributed by atoms with Gasteiger partial charge in [0.2, 0.25) is 0 Å². The minimum Gasteiger partial charge on any atom is -0.310 e. The van der Waals surface area contributed by atoms with Crippen molar-refractivity contribution in [1.29, 1.82) is 0 Å². The first-order chi connectivity index (χ1) is 7.14. The van der Waals surface area contributed by atoms with Gasteiger partial charge < -0.3 is 5.32 Å². The molecule has 0 aromatic carbocycles. The Labute approximate surface area is 94.4 Å². The van der Waals surface area contributed by atoms with Gasteiger partial charge >= 0.3 is 0 Å². The van der Waals surface area contributed by atoms with Crippen molar-refractivity contribution in [3.05, 3.63) is 0 Å². The molecule has 0 aliphatic carbocycles. The minimum atomic E-state index is 0.395. The lowest BCUT2D eigenvalue weighted by Crippen LogP contribution is -2.50. The standard InChI is InChI=1S/C13H26N2/c1-4-12-7-6-11(2)15(12)10-13(3)8-5-9-14-13/h11-12,14H,4-10H2,1-3H3. The van der Waals surface area contributed by atoms with Gasteiger partial charge in [0.05, 0.1) is 0 Å². The van der Waals surface area contributed by atoms with Crippen molar-refractivity contribution in [2.24, 2.45) is 0 Å². The lowest BCUT2D eigenvalue weighted by molar-refractivity contribution is 0.148. The van der Waals surface area contributed by atoms with E-state index < -0.39 is 0 Å². The van der Waals surface area contributed by atoms with Crippen LogP contribution in [-0.4, -0.2) is 35.6 Å². The predicted molar refractivity (Wildman–Crippen MR) is 65.1 cm³/mol. The Hall–Kier alpha value is -0.0800. The van der Waals surface area contributed by atoms with E-state index in [1.54, 1.807) is 0 Å². The molecule has 2 saturated heterocycles. The first-order valence-electron chi connectivity index (χ1n) is 6.65. The highest BCUT2D eigenvalue weighted by atomic mass is 15.2. The molecule has 0 spiro atoms. The Morgan fingerprint density at radius 1 is 1.40 bits per heavy atom. The molecule has 2 heteroatoms. The third-order valence-electron chi connectivity index (χ3n) is 4.41. The SMILES string of the molecule is CCC1CCC(C)N1CC1(C)CCCN1. The van der Waals surface area contributed by atoms with Crippen LogP contribution in [0.3, 0.4) is 0 Å². The Kier molecular flexibility index (Phi) is 3.36. The van der Waals surface area contributed by atoms with Crippen molar-refractivity contribution in [2.45, 2.75) is 70.5 Å². The van der Waals surface area contributed by atoms with E-state index in [1.807, 2.05) is 0 Å². The lowest BCUT2D eigenvalue weighted by atomic mass is 9.98. The number of rotatable bonds is 3. The van der Waals surface area contributed by atoms with Crippen molar-refractivity contribution >= 4 is 0 Å². The van der Waals surface area contributed by atoms with E-state index in [2.05, 4.69) is 31.0 Å². The van der Waals surface area contributed by atoms with E-state index in [0.29, 0.717) is 5.54 Å². The molecule has 2 nitrogen and oxygen atoms in total. The predicted octanol–water partition coefficient (Wildman–Crippen LogP) is 2.39. The summed E-state index contributed by atoms with van der Waals surface area (Å²) in [6.07, 6.45) is 6.84. The van der Waals surface area contributed by atoms with E-state index in [9.17, 15) is 0 Å². The van der Waals surface area contributed by atoms with Crippen LogP contribution in [0.25, 0.3) is 0 Å². The second-order valence-corrected chi connectivity index (χ2v) is 5.75. The summed E-state index contributed by atoms with van der Waals surface area (Å²) in [7, 11) is 0. The normalized spacial score (nSPS) is 42.6. The number of nitrogens with zero attached hydrogens (tertiary/aromatic N) is 1. The summed E-state index contributed by atoms with van der Waals surface area (Å²) in [5.41, 5.74) is 0.395. The van der Waals surface area contributed by atoms with Crippen molar-refractivity contribution < 1.29 is 0 Å². The third-order valence-corrected chi connectivity index (χ3v) is 4.41. The van der Waals surface area contributed by atoms with Crippen LogP contribution in [0.1, 0.15) is 52.9 Å². The summed E-state index contributed by atoms with van der Waals surface area (Å²) in [4.78, 5) is 2.75. The largest absolute Gasteiger partial charge is 0.310 e. The highest BCUT2D eigenvalue weighted by Gasteiger charge is 2.36. The van der Waals surface area contributed by atoms with Crippen LogP contribution >= 0.6 is 0 Å². The molecule has 2 aliphatic heterocycles. The number of nitrogens with one attached hydrogen (secondary N) is 1. The molecule has 2 heterocycles. The molecule has 2 rings (SSSR count). The van der Waals surface area contributed by atoms with E-state index in [0.717, 1.165) is 12.1 Å². The quantitative estimate of drug-likeness (QED) is 0.769. The first kappa shape index (κ1) is 11.4. The minimum absolute atomic E-state index is 0.395. The van der Waals surface area contributed by atoms with Gasteiger partial charge in [-0.2, -0.15) is 0 Å². The maximum Gasteiger partial charge on any atom is 0.0281 e. The summed E-state index contributed by atoms with van der Waals surface area (Å²) in [5, 5.41) is 3.68. The molecule has 3 unspecified atom stereocenters.